The first-order chi connectivity index (χ1) is 3.72. The second kappa shape index (κ2) is 3.42. The van der Waals surface area contributed by atoms with Crippen LogP contribution in [0.3, 0.4) is 0 Å². The highest BCUT2D eigenvalue weighted by molar-refractivity contribution is 5.14. The maximum absolute atomic E-state index is 12.3. The van der Waals surface area contributed by atoms with Gasteiger partial charge in [-0.2, -0.15) is 0 Å². The summed E-state index contributed by atoms with van der Waals surface area (Å²) in [6, 6.07) is 0. The van der Waals surface area contributed by atoms with Crippen molar-refractivity contribution in [2.45, 2.75) is 20.3 Å². The van der Waals surface area contributed by atoms with Crippen molar-refractivity contribution < 1.29 is 5.82 Å². The summed E-state index contributed by atoms with van der Waals surface area (Å²) in [7, 11) is 0. The minimum Gasteiger partial charge on any atom is -0.207 e. The van der Waals surface area contributed by atoms with Crippen molar-refractivity contribution in [3.8, 4) is 0 Å². The standard InChI is InChI=1S/C7H11F.H2/c1-4-6(3)7(8)5-2;/h5H,2,4H2,1,3H3;1H/b7-6-;. The molecule has 0 nitrogen and oxygen atoms in total. The third kappa shape index (κ3) is 1.92. The molecule has 0 aromatic carbocycles. The van der Waals surface area contributed by atoms with E-state index in [1.165, 1.54) is 6.08 Å². The van der Waals surface area contributed by atoms with Crippen molar-refractivity contribution >= 4 is 0 Å². The quantitative estimate of drug-likeness (QED) is 0.486. The topological polar surface area (TPSA) is 0 Å². The van der Waals surface area contributed by atoms with Gasteiger partial charge in [0.2, 0.25) is 0 Å². The molecular weight excluding hydrogens is 103 g/mol. The number of halogens is 1. The average molecular weight is 116 g/mol. The van der Waals surface area contributed by atoms with Crippen molar-refractivity contribution in [2.75, 3.05) is 0 Å². The number of rotatable bonds is 2. The van der Waals surface area contributed by atoms with Gasteiger partial charge in [0, 0.05) is 1.43 Å². The van der Waals surface area contributed by atoms with Gasteiger partial charge in [0.15, 0.2) is 0 Å². The summed E-state index contributed by atoms with van der Waals surface area (Å²) >= 11 is 0. The molecular formula is C7H13F. The SMILES string of the molecule is C=C/C(F)=C(\C)CC.[HH]. The molecule has 0 spiro atoms. The lowest BCUT2D eigenvalue weighted by molar-refractivity contribution is 0.648. The Morgan fingerprint density at radius 3 is 2.50 bits per heavy atom. The highest BCUT2D eigenvalue weighted by atomic mass is 19.1. The monoisotopic (exact) mass is 116 g/mol. The highest BCUT2D eigenvalue weighted by Gasteiger charge is 1.90. The predicted octanol–water partition coefficient (Wildman–Crippen LogP) is 3.07. The molecule has 0 aliphatic rings. The fraction of sp³-hybridized carbons (Fsp3) is 0.429. The zero-order valence-electron chi connectivity index (χ0n) is 5.37. The van der Waals surface area contributed by atoms with Crippen LogP contribution < -0.4 is 0 Å². The van der Waals surface area contributed by atoms with E-state index >= 15 is 0 Å². The fourth-order valence-corrected chi connectivity index (χ4v) is 0.343. The van der Waals surface area contributed by atoms with Gasteiger partial charge in [0.05, 0.1) is 0 Å². The van der Waals surface area contributed by atoms with E-state index in [2.05, 4.69) is 6.58 Å². The maximum Gasteiger partial charge on any atom is 0.121 e. The Morgan fingerprint density at radius 2 is 2.38 bits per heavy atom. The Balaban J connectivity index is 0. The summed E-state index contributed by atoms with van der Waals surface area (Å²) in [4.78, 5) is 0. The van der Waals surface area contributed by atoms with Crippen LogP contribution in [0.4, 0.5) is 4.39 Å². The van der Waals surface area contributed by atoms with Crippen LogP contribution in [0, 0.1) is 0 Å². The Kier molecular flexibility index (Phi) is 3.16. The van der Waals surface area contributed by atoms with Gasteiger partial charge in [-0.3, -0.25) is 0 Å². The first kappa shape index (κ1) is 7.41. The molecule has 0 atom stereocenters. The van der Waals surface area contributed by atoms with Gasteiger partial charge in [0.25, 0.3) is 0 Å². The molecule has 0 fully saturated rings. The molecule has 0 N–H and O–H groups in total. The Hall–Kier alpha value is -0.590. The highest BCUT2D eigenvalue weighted by Crippen LogP contribution is 2.08. The molecule has 1 heteroatoms. The first-order valence-corrected chi connectivity index (χ1v) is 2.70. The van der Waals surface area contributed by atoms with Crippen molar-refractivity contribution in [3.63, 3.8) is 0 Å². The van der Waals surface area contributed by atoms with Crippen LogP contribution in [0.15, 0.2) is 24.1 Å². The van der Waals surface area contributed by atoms with Crippen LogP contribution in [0.5, 0.6) is 0 Å². The zero-order chi connectivity index (χ0) is 6.57. The van der Waals surface area contributed by atoms with E-state index in [0.29, 0.717) is 0 Å². The molecule has 0 rings (SSSR count). The molecule has 0 saturated carbocycles. The van der Waals surface area contributed by atoms with Crippen LogP contribution in [0.25, 0.3) is 0 Å². The number of hydrogen-bond acceptors (Lipinski definition) is 0. The molecule has 0 radical (unpaired) electrons. The molecule has 0 saturated heterocycles. The molecule has 8 heavy (non-hydrogen) atoms. The second-order valence-corrected chi connectivity index (χ2v) is 1.69. The van der Waals surface area contributed by atoms with E-state index in [1.807, 2.05) is 6.92 Å². The molecule has 0 aliphatic carbocycles. The van der Waals surface area contributed by atoms with Crippen molar-refractivity contribution in [2.24, 2.45) is 0 Å². The second-order valence-electron chi connectivity index (χ2n) is 1.69. The van der Waals surface area contributed by atoms with Crippen LogP contribution in [0.2, 0.25) is 0 Å². The van der Waals surface area contributed by atoms with Gasteiger partial charge in [0.1, 0.15) is 5.83 Å². The van der Waals surface area contributed by atoms with Gasteiger partial charge in [-0.25, -0.2) is 4.39 Å². The molecule has 0 aromatic heterocycles. The summed E-state index contributed by atoms with van der Waals surface area (Å²) in [5.74, 6) is -0.187. The minimum atomic E-state index is -0.187. The third-order valence-electron chi connectivity index (χ3n) is 1.12. The maximum atomic E-state index is 12.3. The predicted molar refractivity (Wildman–Crippen MR) is 36.4 cm³/mol. The summed E-state index contributed by atoms with van der Waals surface area (Å²) in [6.07, 6.45) is 2.00. The van der Waals surface area contributed by atoms with Crippen molar-refractivity contribution in [3.05, 3.63) is 24.1 Å². The molecule has 0 heterocycles. The lowest BCUT2D eigenvalue weighted by Crippen LogP contribution is -1.73. The normalized spacial score (nSPS) is 12.9. The van der Waals surface area contributed by atoms with Gasteiger partial charge < -0.3 is 0 Å². The largest absolute Gasteiger partial charge is 0.207 e. The number of hydrogen-bond donors (Lipinski definition) is 0. The van der Waals surface area contributed by atoms with Gasteiger partial charge in [-0.15, -0.1) is 0 Å². The summed E-state index contributed by atoms with van der Waals surface area (Å²) < 4.78 is 12.3. The lowest BCUT2D eigenvalue weighted by Gasteiger charge is -1.92. The van der Waals surface area contributed by atoms with Gasteiger partial charge >= 0.3 is 0 Å². The van der Waals surface area contributed by atoms with E-state index < -0.39 is 0 Å². The molecule has 0 aromatic rings. The van der Waals surface area contributed by atoms with E-state index in [1.54, 1.807) is 6.92 Å². The molecule has 0 unspecified atom stereocenters. The summed E-state index contributed by atoms with van der Waals surface area (Å²) in [5, 5.41) is 0. The molecule has 48 valence electrons. The number of allylic oxidation sites excluding steroid dienone is 3. The Morgan fingerprint density at radius 1 is 1.88 bits per heavy atom. The third-order valence-corrected chi connectivity index (χ3v) is 1.12. The van der Waals surface area contributed by atoms with Crippen molar-refractivity contribution in [1.82, 2.24) is 0 Å². The van der Waals surface area contributed by atoms with Crippen molar-refractivity contribution in [1.29, 1.82) is 0 Å². The van der Waals surface area contributed by atoms with Gasteiger partial charge in [-0.1, -0.05) is 13.5 Å². The minimum absolute atomic E-state index is 0. The van der Waals surface area contributed by atoms with E-state index in [4.69, 9.17) is 0 Å². The van der Waals surface area contributed by atoms with Crippen LogP contribution in [0.1, 0.15) is 21.7 Å². The summed E-state index contributed by atoms with van der Waals surface area (Å²) in [6.45, 7) is 6.97. The van der Waals surface area contributed by atoms with Crippen LogP contribution in [-0.4, -0.2) is 0 Å². The van der Waals surface area contributed by atoms with E-state index in [-0.39, 0.29) is 7.25 Å². The average Bonchev–Trinajstić information content (AvgIpc) is 1.84. The Bertz CT molecular complexity index is 116. The van der Waals surface area contributed by atoms with Gasteiger partial charge in [-0.05, 0) is 25.0 Å². The molecule has 0 amide bonds. The summed E-state index contributed by atoms with van der Waals surface area (Å²) in [5.41, 5.74) is 0.764. The zero-order valence-corrected chi connectivity index (χ0v) is 5.37. The molecule has 0 aliphatic heterocycles. The smallest absolute Gasteiger partial charge is 0.121 e. The van der Waals surface area contributed by atoms with E-state index in [0.717, 1.165) is 12.0 Å². The first-order valence-electron chi connectivity index (χ1n) is 2.70. The van der Waals surface area contributed by atoms with E-state index in [9.17, 15) is 4.39 Å². The van der Waals surface area contributed by atoms with Crippen LogP contribution in [-0.2, 0) is 0 Å². The molecule has 0 bridgehead atoms. The lowest BCUT2D eigenvalue weighted by atomic mass is 10.2. The fourth-order valence-electron chi connectivity index (χ4n) is 0.343. The Labute approximate surface area is 51.2 Å². The van der Waals surface area contributed by atoms with Crippen LogP contribution >= 0.6 is 0 Å².